The van der Waals surface area contributed by atoms with Crippen LogP contribution >= 0.6 is 0 Å². The second kappa shape index (κ2) is 8.60. The van der Waals surface area contributed by atoms with E-state index in [1.807, 2.05) is 31.3 Å². The molecule has 1 aromatic heterocycles. The van der Waals surface area contributed by atoms with Crippen LogP contribution in [0.1, 0.15) is 21.5 Å². The number of amides is 1. The zero-order valence-corrected chi connectivity index (χ0v) is 16.2. The van der Waals surface area contributed by atoms with Gasteiger partial charge in [0.15, 0.2) is 0 Å². The number of aromatic nitrogens is 1. The molecular weight excluding hydrogens is 364 g/mol. The summed E-state index contributed by atoms with van der Waals surface area (Å²) in [5.74, 6) is -0.167. The van der Waals surface area contributed by atoms with Crippen LogP contribution in [0.2, 0.25) is 0 Å². The number of hydrogen-bond acceptors (Lipinski definition) is 5. The van der Waals surface area contributed by atoms with Crippen LogP contribution in [0, 0.1) is 0 Å². The first kappa shape index (κ1) is 19.5. The number of carbonyl (C=O) groups excluding carboxylic acids is 1. The molecule has 0 unspecified atom stereocenters. The maximum atomic E-state index is 12.6. The maximum Gasteiger partial charge on any atom is 0.251 e. The minimum atomic E-state index is -3.30. The Morgan fingerprint density at radius 1 is 1.00 bits per heavy atom. The normalized spacial score (nSPS) is 16.2. The van der Waals surface area contributed by atoms with Crippen LogP contribution < -0.4 is 5.32 Å². The van der Waals surface area contributed by atoms with E-state index in [-0.39, 0.29) is 11.7 Å². The molecule has 8 heteroatoms. The van der Waals surface area contributed by atoms with Crippen molar-refractivity contribution in [2.45, 2.75) is 12.3 Å². The highest BCUT2D eigenvalue weighted by Crippen LogP contribution is 2.14. The Bertz CT molecular complexity index is 862. The van der Waals surface area contributed by atoms with Gasteiger partial charge in [0.05, 0.1) is 5.75 Å². The average molecular weight is 388 g/mol. The number of sulfonamides is 1. The molecule has 0 aliphatic carbocycles. The summed E-state index contributed by atoms with van der Waals surface area (Å²) < 4.78 is 26.7. The lowest BCUT2D eigenvalue weighted by Crippen LogP contribution is -2.47. The summed E-state index contributed by atoms with van der Waals surface area (Å²) in [6.45, 7) is 2.98. The van der Waals surface area contributed by atoms with Gasteiger partial charge in [0, 0.05) is 50.7 Å². The fourth-order valence-electron chi connectivity index (χ4n) is 2.91. The van der Waals surface area contributed by atoms with E-state index in [0.717, 1.165) is 24.2 Å². The fraction of sp³-hybridized carbons (Fsp3) is 0.368. The molecule has 0 radical (unpaired) electrons. The van der Waals surface area contributed by atoms with Crippen LogP contribution in [-0.2, 0) is 22.3 Å². The van der Waals surface area contributed by atoms with E-state index >= 15 is 0 Å². The molecule has 2 heterocycles. The number of pyridine rings is 1. The molecule has 2 aromatic rings. The van der Waals surface area contributed by atoms with Gasteiger partial charge in [0.2, 0.25) is 10.0 Å². The second-order valence-corrected chi connectivity index (χ2v) is 8.66. The zero-order chi connectivity index (χ0) is 19.3. The predicted molar refractivity (Wildman–Crippen MR) is 104 cm³/mol. The summed E-state index contributed by atoms with van der Waals surface area (Å²) in [6.07, 6.45) is 3.15. The Labute approximate surface area is 160 Å². The average Bonchev–Trinajstić information content (AvgIpc) is 2.68. The smallest absolute Gasteiger partial charge is 0.251 e. The summed E-state index contributed by atoms with van der Waals surface area (Å²) in [4.78, 5) is 18.1. The third kappa shape index (κ3) is 5.35. The second-order valence-electron chi connectivity index (χ2n) is 6.69. The molecule has 27 heavy (non-hydrogen) atoms. The van der Waals surface area contributed by atoms with Gasteiger partial charge in [-0.1, -0.05) is 24.3 Å². The van der Waals surface area contributed by atoms with Gasteiger partial charge in [0.1, 0.15) is 0 Å². The van der Waals surface area contributed by atoms with Gasteiger partial charge < -0.3 is 10.2 Å². The van der Waals surface area contributed by atoms with Crippen LogP contribution in [0.15, 0.2) is 48.8 Å². The number of nitrogens with zero attached hydrogens (tertiary/aromatic N) is 3. The molecule has 7 nitrogen and oxygen atoms in total. The molecule has 1 aliphatic heterocycles. The lowest BCUT2D eigenvalue weighted by molar-refractivity contribution is 0.0951. The van der Waals surface area contributed by atoms with E-state index in [1.165, 1.54) is 0 Å². The molecule has 0 bridgehead atoms. The Hall–Kier alpha value is -2.29. The first-order valence-electron chi connectivity index (χ1n) is 8.86. The lowest BCUT2D eigenvalue weighted by Gasteiger charge is -2.31. The molecular formula is C19H24N4O3S. The molecule has 3 rings (SSSR count). The van der Waals surface area contributed by atoms with Gasteiger partial charge in [-0.2, -0.15) is 4.31 Å². The first-order valence-corrected chi connectivity index (χ1v) is 10.5. The number of carbonyl (C=O) groups is 1. The van der Waals surface area contributed by atoms with E-state index in [4.69, 9.17) is 0 Å². The van der Waals surface area contributed by atoms with Gasteiger partial charge in [-0.25, -0.2) is 8.42 Å². The number of nitrogens with one attached hydrogen (secondary N) is 1. The molecule has 0 atom stereocenters. The molecule has 0 spiro atoms. The Kier molecular flexibility index (Phi) is 6.20. The van der Waals surface area contributed by atoms with Crippen LogP contribution in [0.4, 0.5) is 0 Å². The highest BCUT2D eigenvalue weighted by molar-refractivity contribution is 7.88. The minimum absolute atomic E-state index is 0.000366. The van der Waals surface area contributed by atoms with Crippen molar-refractivity contribution in [1.82, 2.24) is 19.5 Å². The van der Waals surface area contributed by atoms with Crippen molar-refractivity contribution < 1.29 is 13.2 Å². The molecule has 0 saturated carbocycles. The maximum absolute atomic E-state index is 12.6. The highest BCUT2D eigenvalue weighted by atomic mass is 32.2. The molecule has 1 saturated heterocycles. The molecule has 1 fully saturated rings. The summed E-state index contributed by atoms with van der Waals surface area (Å²) in [7, 11) is -1.31. The number of benzene rings is 1. The third-order valence-corrected chi connectivity index (χ3v) is 6.47. The van der Waals surface area contributed by atoms with Crippen LogP contribution in [0.25, 0.3) is 0 Å². The number of piperazine rings is 1. The predicted octanol–water partition coefficient (Wildman–Crippen LogP) is 1.09. The van der Waals surface area contributed by atoms with Gasteiger partial charge in [-0.15, -0.1) is 0 Å². The van der Waals surface area contributed by atoms with Crippen molar-refractivity contribution in [1.29, 1.82) is 0 Å². The van der Waals surface area contributed by atoms with Gasteiger partial charge in [0.25, 0.3) is 5.91 Å². The van der Waals surface area contributed by atoms with E-state index < -0.39 is 10.0 Å². The monoisotopic (exact) mass is 388 g/mol. The van der Waals surface area contributed by atoms with Gasteiger partial charge in [-0.3, -0.25) is 9.78 Å². The topological polar surface area (TPSA) is 82.6 Å². The Morgan fingerprint density at radius 3 is 2.22 bits per heavy atom. The SMILES string of the molecule is CN1CCN(S(=O)(=O)Cc2ccc(CNC(=O)c3ccncc3)cc2)CC1. The van der Waals surface area contributed by atoms with Crippen molar-refractivity contribution in [2.24, 2.45) is 0 Å². The first-order chi connectivity index (χ1) is 12.9. The Balaban J connectivity index is 1.55. The quantitative estimate of drug-likeness (QED) is 0.801. The van der Waals surface area contributed by atoms with Crippen LogP contribution in [0.3, 0.4) is 0 Å². The third-order valence-electron chi connectivity index (χ3n) is 4.62. The summed E-state index contributed by atoms with van der Waals surface area (Å²) >= 11 is 0. The molecule has 1 aromatic carbocycles. The van der Waals surface area contributed by atoms with Gasteiger partial charge >= 0.3 is 0 Å². The van der Waals surface area contributed by atoms with Crippen molar-refractivity contribution >= 4 is 15.9 Å². The summed E-state index contributed by atoms with van der Waals surface area (Å²) in [5, 5.41) is 2.84. The summed E-state index contributed by atoms with van der Waals surface area (Å²) in [6, 6.07) is 10.6. The van der Waals surface area contributed by atoms with Gasteiger partial charge in [-0.05, 0) is 30.3 Å². The minimum Gasteiger partial charge on any atom is -0.348 e. The summed E-state index contributed by atoms with van der Waals surface area (Å²) in [5.41, 5.74) is 2.22. The van der Waals surface area contributed by atoms with Crippen molar-refractivity contribution in [3.63, 3.8) is 0 Å². The van der Waals surface area contributed by atoms with Crippen molar-refractivity contribution in [3.8, 4) is 0 Å². The van der Waals surface area contributed by atoms with E-state index in [0.29, 0.717) is 25.2 Å². The van der Waals surface area contributed by atoms with E-state index in [2.05, 4.69) is 15.2 Å². The molecule has 1 amide bonds. The van der Waals surface area contributed by atoms with Crippen molar-refractivity contribution in [3.05, 3.63) is 65.5 Å². The number of hydrogen-bond donors (Lipinski definition) is 1. The fourth-order valence-corrected chi connectivity index (χ4v) is 4.43. The molecule has 1 N–H and O–H groups in total. The highest BCUT2D eigenvalue weighted by Gasteiger charge is 2.25. The molecule has 144 valence electrons. The largest absolute Gasteiger partial charge is 0.348 e. The Morgan fingerprint density at radius 2 is 1.59 bits per heavy atom. The van der Waals surface area contributed by atoms with Crippen LogP contribution in [-0.4, -0.2) is 61.7 Å². The number of rotatable bonds is 6. The van der Waals surface area contributed by atoms with E-state index in [9.17, 15) is 13.2 Å². The number of likely N-dealkylation sites (N-methyl/N-ethyl adjacent to an activating group) is 1. The van der Waals surface area contributed by atoms with Crippen LogP contribution in [0.5, 0.6) is 0 Å². The molecule has 1 aliphatic rings. The standard InChI is InChI=1S/C19H24N4O3S/c1-22-10-12-23(13-11-22)27(25,26)15-17-4-2-16(3-5-17)14-21-19(24)18-6-8-20-9-7-18/h2-9H,10-15H2,1H3,(H,21,24). The van der Waals surface area contributed by atoms with E-state index in [1.54, 1.807) is 28.8 Å². The zero-order valence-electron chi connectivity index (χ0n) is 15.3. The van der Waals surface area contributed by atoms with Crippen molar-refractivity contribution in [2.75, 3.05) is 33.2 Å². The lowest BCUT2D eigenvalue weighted by atomic mass is 10.1.